The van der Waals surface area contributed by atoms with Crippen LogP contribution in [-0.4, -0.2) is 24.6 Å². The zero-order valence-corrected chi connectivity index (χ0v) is 19.8. The van der Waals surface area contributed by atoms with E-state index in [2.05, 4.69) is 90.2 Å². The summed E-state index contributed by atoms with van der Waals surface area (Å²) in [5.74, 6) is 1.01. The molecular formula is C19H37IO2Si. The van der Waals surface area contributed by atoms with E-state index in [-0.39, 0.29) is 14.8 Å². The topological polar surface area (TPSA) is 18.5 Å². The van der Waals surface area contributed by atoms with Gasteiger partial charge in [-0.2, -0.15) is 0 Å². The number of allylic oxidation sites excluding steroid dienone is 2. The number of halogens is 1. The molecule has 4 atom stereocenters. The lowest BCUT2D eigenvalue weighted by Gasteiger charge is -2.39. The highest BCUT2D eigenvalue weighted by atomic mass is 127. The predicted molar refractivity (Wildman–Crippen MR) is 112 cm³/mol. The largest absolute Gasteiger partial charge is 0.392 e. The fourth-order valence-corrected chi connectivity index (χ4v) is 5.13. The Morgan fingerprint density at radius 2 is 1.83 bits per heavy atom. The van der Waals surface area contributed by atoms with Gasteiger partial charge in [0.2, 0.25) is 0 Å². The van der Waals surface area contributed by atoms with Gasteiger partial charge >= 0.3 is 0 Å². The molecule has 0 N–H and O–H groups in total. The summed E-state index contributed by atoms with van der Waals surface area (Å²) < 4.78 is 12.9. The fraction of sp³-hybridized carbons (Fsp3) is 0.895. The molecule has 1 aliphatic heterocycles. The molecule has 4 unspecified atom stereocenters. The predicted octanol–water partition coefficient (Wildman–Crippen LogP) is 6.56. The highest BCUT2D eigenvalue weighted by Crippen LogP contribution is 2.46. The number of ether oxygens (including phenoxy) is 1. The van der Waals surface area contributed by atoms with Gasteiger partial charge in [-0.3, -0.25) is 0 Å². The van der Waals surface area contributed by atoms with Gasteiger partial charge in [-0.15, -0.1) is 0 Å². The van der Waals surface area contributed by atoms with Crippen molar-refractivity contribution >= 4 is 30.9 Å². The molecular weight excluding hydrogens is 415 g/mol. The quantitative estimate of drug-likeness (QED) is 0.197. The van der Waals surface area contributed by atoms with E-state index in [0.29, 0.717) is 11.8 Å². The van der Waals surface area contributed by atoms with E-state index in [1.165, 1.54) is 12.0 Å². The van der Waals surface area contributed by atoms with Gasteiger partial charge in [0, 0.05) is 15.3 Å². The van der Waals surface area contributed by atoms with E-state index in [9.17, 15) is 0 Å². The highest BCUT2D eigenvalue weighted by Gasteiger charge is 2.48. The maximum absolute atomic E-state index is 6.54. The Kier molecular flexibility index (Phi) is 7.41. The molecule has 1 rings (SSSR count). The van der Waals surface area contributed by atoms with Gasteiger partial charge < -0.3 is 9.16 Å². The molecule has 1 heterocycles. The lowest BCUT2D eigenvalue weighted by molar-refractivity contribution is -0.0678. The number of hydrogen-bond acceptors (Lipinski definition) is 2. The minimum atomic E-state index is -1.78. The van der Waals surface area contributed by atoms with E-state index in [0.717, 1.165) is 13.0 Å². The molecule has 0 spiro atoms. The summed E-state index contributed by atoms with van der Waals surface area (Å²) in [6.07, 6.45) is 4.67. The van der Waals surface area contributed by atoms with Crippen molar-refractivity contribution in [1.29, 1.82) is 0 Å². The molecule has 1 aliphatic rings. The maximum Gasteiger partial charge on any atom is 0.195 e. The Morgan fingerprint density at radius 3 is 2.30 bits per heavy atom. The van der Waals surface area contributed by atoms with Crippen LogP contribution in [0.5, 0.6) is 0 Å². The molecule has 136 valence electrons. The molecule has 4 heteroatoms. The number of hydrogen-bond donors (Lipinski definition) is 0. The van der Waals surface area contributed by atoms with Crippen LogP contribution in [0, 0.1) is 11.8 Å². The molecule has 0 amide bonds. The van der Waals surface area contributed by atoms with Crippen molar-refractivity contribution in [2.45, 2.75) is 89.2 Å². The van der Waals surface area contributed by atoms with E-state index in [1.807, 2.05) is 0 Å². The number of rotatable bonds is 6. The van der Waals surface area contributed by atoms with Crippen molar-refractivity contribution in [2.24, 2.45) is 11.8 Å². The van der Waals surface area contributed by atoms with Crippen molar-refractivity contribution in [3.63, 3.8) is 0 Å². The molecule has 23 heavy (non-hydrogen) atoms. The summed E-state index contributed by atoms with van der Waals surface area (Å²) in [5.41, 5.74) is 1.41. The van der Waals surface area contributed by atoms with Gasteiger partial charge in [0.15, 0.2) is 14.6 Å². The monoisotopic (exact) mass is 452 g/mol. The Bertz CT molecular complexity index is 420. The Balaban J connectivity index is 2.71. The van der Waals surface area contributed by atoms with Crippen LogP contribution in [-0.2, 0) is 9.16 Å². The zero-order chi connectivity index (χ0) is 18.1. The summed E-state index contributed by atoms with van der Waals surface area (Å²) >= 11 is 2.65. The summed E-state index contributed by atoms with van der Waals surface area (Å²) in [6.45, 7) is 21.4. The smallest absolute Gasteiger partial charge is 0.195 e. The summed E-state index contributed by atoms with van der Waals surface area (Å²) in [7, 11) is -1.78. The molecule has 0 aromatic rings. The minimum absolute atomic E-state index is 0.0292. The van der Waals surface area contributed by atoms with E-state index < -0.39 is 8.32 Å². The maximum atomic E-state index is 6.54. The van der Waals surface area contributed by atoms with Crippen LogP contribution >= 0.6 is 22.6 Å². The third-order valence-corrected chi connectivity index (χ3v) is 11.5. The van der Waals surface area contributed by atoms with Crippen LogP contribution in [0.4, 0.5) is 0 Å². The summed E-state index contributed by atoms with van der Waals surface area (Å²) in [6, 6.07) is 0. The molecule has 2 nitrogen and oxygen atoms in total. The van der Waals surface area contributed by atoms with Crippen LogP contribution in [0.25, 0.3) is 0 Å². The first-order valence-electron chi connectivity index (χ1n) is 8.89. The Morgan fingerprint density at radius 1 is 1.26 bits per heavy atom. The van der Waals surface area contributed by atoms with Gasteiger partial charge in [-0.05, 0) is 44.8 Å². The molecule has 0 aliphatic carbocycles. The molecule has 0 aromatic heterocycles. The minimum Gasteiger partial charge on any atom is -0.392 e. The van der Waals surface area contributed by atoms with E-state index in [4.69, 9.17) is 9.16 Å². The lowest BCUT2D eigenvalue weighted by Crippen LogP contribution is -2.45. The van der Waals surface area contributed by atoms with Gasteiger partial charge in [0.25, 0.3) is 0 Å². The van der Waals surface area contributed by atoms with E-state index in [1.54, 1.807) is 0 Å². The van der Waals surface area contributed by atoms with Crippen LogP contribution in [0.3, 0.4) is 0 Å². The first-order valence-corrected chi connectivity index (χ1v) is 12.9. The van der Waals surface area contributed by atoms with Crippen LogP contribution in [0.2, 0.25) is 18.1 Å². The highest BCUT2D eigenvalue weighted by molar-refractivity contribution is 14.1. The second-order valence-electron chi connectivity index (χ2n) is 9.14. The van der Waals surface area contributed by atoms with Gasteiger partial charge in [-0.1, -0.05) is 68.9 Å². The SMILES string of the molecule is CC(C)=CCCC(C)(I)C1COC(O[Si](C)(C)C(C)(C)C)C1C. The average molecular weight is 452 g/mol. The molecule has 0 radical (unpaired) electrons. The summed E-state index contributed by atoms with van der Waals surface area (Å²) in [5, 5.41) is 0.227. The van der Waals surface area contributed by atoms with Gasteiger partial charge in [0.05, 0.1) is 6.61 Å². The lowest BCUT2D eigenvalue weighted by atomic mass is 9.82. The molecule has 0 bridgehead atoms. The summed E-state index contributed by atoms with van der Waals surface area (Å²) in [4.78, 5) is 0. The first kappa shape index (κ1) is 21.6. The molecule has 0 aromatic carbocycles. The average Bonchev–Trinajstić information content (AvgIpc) is 2.68. The molecule has 1 fully saturated rings. The van der Waals surface area contributed by atoms with E-state index >= 15 is 0 Å². The first-order chi connectivity index (χ1) is 10.3. The standard InChI is InChI=1S/C19H37IO2Si/c1-14(2)11-10-12-19(7,20)16-13-21-17(15(16)3)22-23(8,9)18(4,5)6/h11,15-17H,10,12-13H2,1-9H3. The van der Waals surface area contributed by atoms with Crippen molar-refractivity contribution < 1.29 is 9.16 Å². The van der Waals surface area contributed by atoms with Gasteiger partial charge in [-0.25, -0.2) is 0 Å². The Hall–Kier alpha value is 0.607. The van der Waals surface area contributed by atoms with Crippen molar-refractivity contribution in [3.05, 3.63) is 11.6 Å². The third-order valence-electron chi connectivity index (χ3n) is 5.68. The Labute approximate surface area is 159 Å². The second kappa shape index (κ2) is 7.88. The molecule has 1 saturated heterocycles. The number of alkyl halides is 1. The van der Waals surface area contributed by atoms with Crippen molar-refractivity contribution in [2.75, 3.05) is 6.61 Å². The zero-order valence-electron chi connectivity index (χ0n) is 16.6. The normalized spacial score (nSPS) is 28.5. The second-order valence-corrected chi connectivity index (χ2v) is 16.4. The van der Waals surface area contributed by atoms with Crippen molar-refractivity contribution in [3.8, 4) is 0 Å². The molecule has 0 saturated carbocycles. The van der Waals surface area contributed by atoms with Crippen molar-refractivity contribution in [1.82, 2.24) is 0 Å². The van der Waals surface area contributed by atoms with Crippen LogP contribution in [0.1, 0.15) is 61.3 Å². The van der Waals surface area contributed by atoms with Gasteiger partial charge in [0.1, 0.15) is 0 Å². The van der Waals surface area contributed by atoms with Crippen LogP contribution < -0.4 is 0 Å². The fourth-order valence-electron chi connectivity index (χ4n) is 2.85. The van der Waals surface area contributed by atoms with Crippen LogP contribution in [0.15, 0.2) is 11.6 Å². The third kappa shape index (κ3) is 5.82.